The lowest BCUT2D eigenvalue weighted by atomic mass is 10.0. The number of hydrogen-bond donors (Lipinski definition) is 1. The van der Waals surface area contributed by atoms with Crippen molar-refractivity contribution in [2.75, 3.05) is 13.1 Å². The van der Waals surface area contributed by atoms with Crippen molar-refractivity contribution in [1.29, 1.82) is 0 Å². The number of pyridine rings is 1. The molecule has 7 heteroatoms. The summed E-state index contributed by atoms with van der Waals surface area (Å²) in [6, 6.07) is 11.1. The van der Waals surface area contributed by atoms with Gasteiger partial charge in [-0.3, -0.25) is 14.6 Å². The predicted molar refractivity (Wildman–Crippen MR) is 104 cm³/mol. The van der Waals surface area contributed by atoms with Gasteiger partial charge in [0.15, 0.2) is 0 Å². The first kappa shape index (κ1) is 17.9. The van der Waals surface area contributed by atoms with Gasteiger partial charge in [0, 0.05) is 55.2 Å². The van der Waals surface area contributed by atoms with Crippen molar-refractivity contribution < 1.29 is 9.59 Å². The molecule has 3 heterocycles. The van der Waals surface area contributed by atoms with Crippen LogP contribution in [0.25, 0.3) is 5.69 Å². The minimum absolute atomic E-state index is 0.0224. The molecule has 4 rings (SSSR count). The molecule has 0 radical (unpaired) electrons. The summed E-state index contributed by atoms with van der Waals surface area (Å²) in [5.41, 5.74) is 2.19. The van der Waals surface area contributed by atoms with Gasteiger partial charge in [0.2, 0.25) is 0 Å². The first-order valence-corrected chi connectivity index (χ1v) is 9.29. The van der Waals surface area contributed by atoms with E-state index in [9.17, 15) is 9.59 Å². The number of benzene rings is 1. The smallest absolute Gasteiger partial charge is 0.253 e. The highest BCUT2D eigenvalue weighted by atomic mass is 16.2. The Kier molecular flexibility index (Phi) is 5.14. The Labute approximate surface area is 163 Å². The van der Waals surface area contributed by atoms with Crippen LogP contribution in [0, 0.1) is 0 Å². The molecule has 1 saturated heterocycles. The molecule has 0 spiro atoms. The molecule has 3 aromatic rings. The van der Waals surface area contributed by atoms with Crippen LogP contribution in [-0.2, 0) is 0 Å². The molecule has 0 unspecified atom stereocenters. The summed E-state index contributed by atoms with van der Waals surface area (Å²) in [7, 11) is 0. The van der Waals surface area contributed by atoms with Crippen LogP contribution >= 0.6 is 0 Å². The zero-order chi connectivity index (χ0) is 19.3. The van der Waals surface area contributed by atoms with Crippen molar-refractivity contribution in [2.24, 2.45) is 0 Å². The molecule has 0 atom stereocenters. The van der Waals surface area contributed by atoms with Crippen molar-refractivity contribution in [2.45, 2.75) is 18.9 Å². The average molecular weight is 375 g/mol. The number of amides is 2. The molecule has 28 heavy (non-hydrogen) atoms. The van der Waals surface area contributed by atoms with Crippen molar-refractivity contribution in [3.63, 3.8) is 0 Å². The number of likely N-dealkylation sites (tertiary alicyclic amines) is 1. The zero-order valence-electron chi connectivity index (χ0n) is 15.4. The molecular weight excluding hydrogens is 354 g/mol. The number of rotatable bonds is 4. The van der Waals surface area contributed by atoms with Gasteiger partial charge in [-0.1, -0.05) is 0 Å². The van der Waals surface area contributed by atoms with E-state index in [0.29, 0.717) is 24.2 Å². The van der Waals surface area contributed by atoms with Crippen LogP contribution in [0.1, 0.15) is 33.6 Å². The number of aromatic nitrogens is 3. The van der Waals surface area contributed by atoms with E-state index in [2.05, 4.69) is 15.3 Å². The molecule has 1 fully saturated rings. The Morgan fingerprint density at radius 2 is 1.75 bits per heavy atom. The second kappa shape index (κ2) is 8.04. The zero-order valence-corrected chi connectivity index (χ0v) is 15.4. The third kappa shape index (κ3) is 3.93. The second-order valence-corrected chi connectivity index (χ2v) is 6.80. The molecule has 0 bridgehead atoms. The number of piperidine rings is 1. The fraction of sp³-hybridized carbons (Fsp3) is 0.238. The van der Waals surface area contributed by atoms with E-state index in [1.54, 1.807) is 37.1 Å². The highest BCUT2D eigenvalue weighted by molar-refractivity contribution is 5.95. The molecular formula is C21H21N5O2. The van der Waals surface area contributed by atoms with Gasteiger partial charge in [-0.2, -0.15) is 0 Å². The molecule has 1 aliphatic rings. The fourth-order valence-corrected chi connectivity index (χ4v) is 3.36. The fourth-order valence-electron chi connectivity index (χ4n) is 3.36. The number of imidazole rings is 1. The number of hydrogen-bond acceptors (Lipinski definition) is 4. The Bertz CT molecular complexity index is 931. The Hall–Kier alpha value is -3.48. The van der Waals surface area contributed by atoms with Gasteiger partial charge in [-0.25, -0.2) is 4.98 Å². The Balaban J connectivity index is 1.32. The van der Waals surface area contributed by atoms with Gasteiger partial charge in [0.1, 0.15) is 0 Å². The normalized spacial score (nSPS) is 14.6. The van der Waals surface area contributed by atoms with E-state index in [1.165, 1.54) is 0 Å². The summed E-state index contributed by atoms with van der Waals surface area (Å²) in [5.74, 6) is -0.0952. The summed E-state index contributed by atoms with van der Waals surface area (Å²) < 4.78 is 1.89. The van der Waals surface area contributed by atoms with Crippen molar-refractivity contribution >= 4 is 11.8 Å². The lowest BCUT2D eigenvalue weighted by Gasteiger charge is -2.32. The minimum Gasteiger partial charge on any atom is -0.349 e. The van der Waals surface area contributed by atoms with Gasteiger partial charge in [-0.15, -0.1) is 0 Å². The number of nitrogens with zero attached hydrogens (tertiary/aromatic N) is 4. The van der Waals surface area contributed by atoms with E-state index >= 15 is 0 Å². The molecule has 1 N–H and O–H groups in total. The van der Waals surface area contributed by atoms with Gasteiger partial charge in [-0.05, 0) is 49.2 Å². The van der Waals surface area contributed by atoms with Crippen LogP contribution in [0.2, 0.25) is 0 Å². The third-order valence-electron chi connectivity index (χ3n) is 4.96. The highest BCUT2D eigenvalue weighted by Crippen LogP contribution is 2.16. The molecule has 0 aliphatic carbocycles. The molecule has 1 aliphatic heterocycles. The van der Waals surface area contributed by atoms with Crippen molar-refractivity contribution in [3.8, 4) is 5.69 Å². The Morgan fingerprint density at radius 1 is 0.964 bits per heavy atom. The summed E-state index contributed by atoms with van der Waals surface area (Å²) in [5, 5.41) is 3.03. The van der Waals surface area contributed by atoms with Gasteiger partial charge in [0.25, 0.3) is 11.8 Å². The molecule has 1 aromatic carbocycles. The van der Waals surface area contributed by atoms with Crippen LogP contribution < -0.4 is 5.32 Å². The van der Waals surface area contributed by atoms with Crippen LogP contribution in [0.3, 0.4) is 0 Å². The maximum atomic E-state index is 12.8. The molecule has 2 aromatic heterocycles. The average Bonchev–Trinajstić information content (AvgIpc) is 3.29. The molecule has 142 valence electrons. The monoisotopic (exact) mass is 375 g/mol. The van der Waals surface area contributed by atoms with Crippen LogP contribution in [0.5, 0.6) is 0 Å². The quantitative estimate of drug-likeness (QED) is 0.759. The van der Waals surface area contributed by atoms with Gasteiger partial charge >= 0.3 is 0 Å². The molecule has 7 nitrogen and oxygen atoms in total. The van der Waals surface area contributed by atoms with Crippen molar-refractivity contribution in [1.82, 2.24) is 24.8 Å². The van der Waals surface area contributed by atoms with Gasteiger partial charge < -0.3 is 14.8 Å². The summed E-state index contributed by atoms with van der Waals surface area (Å²) in [6.07, 6.45) is 9.99. The van der Waals surface area contributed by atoms with Crippen LogP contribution in [0.15, 0.2) is 67.5 Å². The summed E-state index contributed by atoms with van der Waals surface area (Å²) in [6.45, 7) is 1.25. The molecule has 2 amide bonds. The number of nitrogens with one attached hydrogen (secondary N) is 1. The van der Waals surface area contributed by atoms with E-state index in [4.69, 9.17) is 0 Å². The Morgan fingerprint density at radius 3 is 2.39 bits per heavy atom. The standard InChI is InChI=1S/C21H21N5O2/c27-20(17-2-1-9-22-14-17)24-18-7-11-25(12-8-18)21(28)16-3-5-19(6-4-16)26-13-10-23-15-26/h1-6,9-10,13-15,18H,7-8,11-12H2,(H,24,27). The third-order valence-corrected chi connectivity index (χ3v) is 4.96. The van der Waals surface area contributed by atoms with Crippen LogP contribution in [-0.4, -0.2) is 50.4 Å². The molecule has 0 saturated carbocycles. The van der Waals surface area contributed by atoms with E-state index in [1.807, 2.05) is 39.9 Å². The largest absolute Gasteiger partial charge is 0.349 e. The maximum absolute atomic E-state index is 12.8. The number of carbonyl (C=O) groups excluding carboxylic acids is 2. The highest BCUT2D eigenvalue weighted by Gasteiger charge is 2.25. The van der Waals surface area contributed by atoms with E-state index in [-0.39, 0.29) is 17.9 Å². The second-order valence-electron chi connectivity index (χ2n) is 6.80. The first-order valence-electron chi connectivity index (χ1n) is 9.29. The lowest BCUT2D eigenvalue weighted by Crippen LogP contribution is -2.46. The van der Waals surface area contributed by atoms with E-state index < -0.39 is 0 Å². The van der Waals surface area contributed by atoms with Crippen molar-refractivity contribution in [3.05, 3.63) is 78.6 Å². The van der Waals surface area contributed by atoms with Crippen LogP contribution in [0.4, 0.5) is 0 Å². The summed E-state index contributed by atoms with van der Waals surface area (Å²) >= 11 is 0. The topological polar surface area (TPSA) is 80.1 Å². The predicted octanol–water partition coefficient (Wildman–Crippen LogP) is 2.30. The van der Waals surface area contributed by atoms with E-state index in [0.717, 1.165) is 18.5 Å². The van der Waals surface area contributed by atoms with Gasteiger partial charge in [0.05, 0.1) is 11.9 Å². The SMILES string of the molecule is O=C(NC1CCN(C(=O)c2ccc(-n3ccnc3)cc2)CC1)c1cccnc1. The maximum Gasteiger partial charge on any atom is 0.253 e. The number of carbonyl (C=O) groups is 2. The lowest BCUT2D eigenvalue weighted by molar-refractivity contribution is 0.0698. The first-order chi connectivity index (χ1) is 13.7. The summed E-state index contributed by atoms with van der Waals surface area (Å²) in [4.78, 5) is 34.8. The minimum atomic E-state index is -0.118.